The normalized spacial score (nSPS) is 48.7. The van der Waals surface area contributed by atoms with Crippen LogP contribution in [0.4, 0.5) is 0 Å². The second kappa shape index (κ2) is 2.98. The van der Waals surface area contributed by atoms with Gasteiger partial charge in [0.15, 0.2) is 0 Å². The Morgan fingerprint density at radius 1 is 1.23 bits per heavy atom. The van der Waals surface area contributed by atoms with Crippen LogP contribution in [0.15, 0.2) is 0 Å². The van der Waals surface area contributed by atoms with E-state index in [4.69, 9.17) is 0 Å². The summed E-state index contributed by atoms with van der Waals surface area (Å²) >= 11 is 0. The summed E-state index contributed by atoms with van der Waals surface area (Å²) < 4.78 is 0. The second-order valence-corrected chi connectivity index (χ2v) is 5.68. The molecule has 0 amide bonds. The summed E-state index contributed by atoms with van der Waals surface area (Å²) in [5, 5.41) is 3.55. The van der Waals surface area contributed by atoms with Crippen molar-refractivity contribution in [1.29, 1.82) is 0 Å². The molecule has 76 valence electrons. The third kappa shape index (κ3) is 1.52. The Labute approximate surface area is 82.3 Å². The molecule has 2 saturated carbocycles. The van der Waals surface area contributed by atoms with Crippen molar-refractivity contribution < 1.29 is 0 Å². The van der Waals surface area contributed by atoms with Crippen molar-refractivity contribution in [2.75, 3.05) is 6.54 Å². The fourth-order valence-electron chi connectivity index (χ4n) is 3.72. The second-order valence-electron chi connectivity index (χ2n) is 5.68. The first-order valence-electron chi connectivity index (χ1n) is 5.85. The average molecular weight is 181 g/mol. The van der Waals surface area contributed by atoms with Gasteiger partial charge in [0, 0.05) is 6.04 Å². The molecule has 0 atom stereocenters. The largest absolute Gasteiger partial charge is 0.314 e. The van der Waals surface area contributed by atoms with Gasteiger partial charge in [-0.15, -0.1) is 0 Å². The van der Waals surface area contributed by atoms with Gasteiger partial charge in [0.25, 0.3) is 0 Å². The summed E-state index contributed by atoms with van der Waals surface area (Å²) in [4.78, 5) is 0. The lowest BCUT2D eigenvalue weighted by Crippen LogP contribution is -2.58. The molecular weight excluding hydrogens is 158 g/mol. The predicted molar refractivity (Wildman–Crippen MR) is 56.8 cm³/mol. The van der Waals surface area contributed by atoms with E-state index in [1.54, 1.807) is 0 Å². The fourth-order valence-corrected chi connectivity index (χ4v) is 3.72. The molecule has 1 nitrogen and oxygen atoms in total. The van der Waals surface area contributed by atoms with E-state index in [0.717, 1.165) is 18.0 Å². The molecule has 0 unspecified atom stereocenters. The third-order valence-corrected chi connectivity index (χ3v) is 4.31. The summed E-state index contributed by atoms with van der Waals surface area (Å²) in [6.45, 7) is 8.15. The number of rotatable bonds is 3. The van der Waals surface area contributed by atoms with E-state index in [-0.39, 0.29) is 0 Å². The summed E-state index contributed by atoms with van der Waals surface area (Å²) in [5.74, 6) is 0. The van der Waals surface area contributed by atoms with Crippen LogP contribution in [-0.4, -0.2) is 12.6 Å². The van der Waals surface area contributed by atoms with Gasteiger partial charge in [-0.2, -0.15) is 0 Å². The Hall–Kier alpha value is -0.0400. The SMILES string of the molecule is CCNC1CC2(C1)CC(C)(CC)C2. The topological polar surface area (TPSA) is 12.0 Å². The maximum absolute atomic E-state index is 3.55. The molecule has 0 aromatic heterocycles. The number of hydrogen-bond acceptors (Lipinski definition) is 1. The van der Waals surface area contributed by atoms with Gasteiger partial charge in [-0.3, -0.25) is 0 Å². The van der Waals surface area contributed by atoms with Crippen LogP contribution in [0.1, 0.15) is 52.9 Å². The van der Waals surface area contributed by atoms with Crippen molar-refractivity contribution in [2.45, 2.75) is 58.9 Å². The zero-order chi connectivity index (χ0) is 9.53. The van der Waals surface area contributed by atoms with Crippen LogP contribution >= 0.6 is 0 Å². The molecular formula is C12H23N. The van der Waals surface area contributed by atoms with Crippen molar-refractivity contribution >= 4 is 0 Å². The van der Waals surface area contributed by atoms with Crippen molar-refractivity contribution in [3.05, 3.63) is 0 Å². The molecule has 0 bridgehead atoms. The molecule has 0 aromatic rings. The van der Waals surface area contributed by atoms with Gasteiger partial charge in [-0.25, -0.2) is 0 Å². The molecule has 0 radical (unpaired) electrons. The van der Waals surface area contributed by atoms with Gasteiger partial charge in [-0.05, 0) is 43.1 Å². The minimum Gasteiger partial charge on any atom is -0.314 e. The van der Waals surface area contributed by atoms with Gasteiger partial charge < -0.3 is 5.32 Å². The molecule has 2 aliphatic rings. The Bertz CT molecular complexity index is 183. The van der Waals surface area contributed by atoms with Gasteiger partial charge in [-0.1, -0.05) is 27.2 Å². The highest BCUT2D eigenvalue weighted by atomic mass is 14.9. The highest BCUT2D eigenvalue weighted by Crippen LogP contribution is 2.65. The van der Waals surface area contributed by atoms with E-state index < -0.39 is 0 Å². The maximum Gasteiger partial charge on any atom is 0.00775 e. The molecule has 0 aliphatic heterocycles. The van der Waals surface area contributed by atoms with Crippen molar-refractivity contribution in [3.8, 4) is 0 Å². The first-order chi connectivity index (χ1) is 6.11. The molecule has 1 heteroatoms. The van der Waals surface area contributed by atoms with E-state index in [9.17, 15) is 0 Å². The monoisotopic (exact) mass is 181 g/mol. The molecule has 2 fully saturated rings. The van der Waals surface area contributed by atoms with Crippen LogP contribution < -0.4 is 5.32 Å². The summed E-state index contributed by atoms with van der Waals surface area (Å²) in [6, 6.07) is 0.853. The highest BCUT2D eigenvalue weighted by Gasteiger charge is 2.56. The lowest BCUT2D eigenvalue weighted by Gasteiger charge is -2.63. The van der Waals surface area contributed by atoms with Gasteiger partial charge >= 0.3 is 0 Å². The van der Waals surface area contributed by atoms with Crippen molar-refractivity contribution in [3.63, 3.8) is 0 Å². The van der Waals surface area contributed by atoms with Gasteiger partial charge in [0.1, 0.15) is 0 Å². The van der Waals surface area contributed by atoms with Crippen molar-refractivity contribution in [1.82, 2.24) is 5.32 Å². The quantitative estimate of drug-likeness (QED) is 0.706. The molecule has 2 aliphatic carbocycles. The van der Waals surface area contributed by atoms with E-state index in [0.29, 0.717) is 5.41 Å². The maximum atomic E-state index is 3.55. The Morgan fingerprint density at radius 2 is 1.85 bits per heavy atom. The van der Waals surface area contributed by atoms with Gasteiger partial charge in [0.2, 0.25) is 0 Å². The van der Waals surface area contributed by atoms with Crippen LogP contribution in [0.25, 0.3) is 0 Å². The summed E-state index contributed by atoms with van der Waals surface area (Å²) in [5.41, 5.74) is 1.49. The van der Waals surface area contributed by atoms with Crippen LogP contribution in [-0.2, 0) is 0 Å². The number of nitrogens with one attached hydrogen (secondary N) is 1. The standard InChI is InChI=1S/C12H23N/c1-4-11(3)8-12(9-11)6-10(7-12)13-5-2/h10,13H,4-9H2,1-3H3. The molecule has 1 N–H and O–H groups in total. The Morgan fingerprint density at radius 3 is 2.31 bits per heavy atom. The molecule has 0 saturated heterocycles. The smallest absolute Gasteiger partial charge is 0.00775 e. The van der Waals surface area contributed by atoms with E-state index in [1.165, 1.54) is 32.1 Å². The van der Waals surface area contributed by atoms with Crippen LogP contribution in [0.2, 0.25) is 0 Å². The third-order valence-electron chi connectivity index (χ3n) is 4.31. The Kier molecular flexibility index (Phi) is 2.18. The molecule has 1 spiro atoms. The summed E-state index contributed by atoms with van der Waals surface area (Å²) in [6.07, 6.45) is 7.28. The van der Waals surface area contributed by atoms with E-state index in [2.05, 4.69) is 26.1 Å². The first kappa shape index (κ1) is 9.51. The first-order valence-corrected chi connectivity index (χ1v) is 5.85. The van der Waals surface area contributed by atoms with Crippen LogP contribution in [0.3, 0.4) is 0 Å². The zero-order valence-electron chi connectivity index (χ0n) is 9.32. The zero-order valence-corrected chi connectivity index (χ0v) is 9.32. The van der Waals surface area contributed by atoms with Crippen LogP contribution in [0.5, 0.6) is 0 Å². The lowest BCUT2D eigenvalue weighted by atomic mass is 9.44. The fraction of sp³-hybridized carbons (Fsp3) is 1.00. The number of hydrogen-bond donors (Lipinski definition) is 1. The average Bonchev–Trinajstić information content (AvgIpc) is 1.98. The lowest BCUT2D eigenvalue weighted by molar-refractivity contribution is -0.105. The summed E-state index contributed by atoms with van der Waals surface area (Å²) in [7, 11) is 0. The van der Waals surface area contributed by atoms with E-state index in [1.807, 2.05) is 0 Å². The predicted octanol–water partition coefficient (Wildman–Crippen LogP) is 2.95. The van der Waals surface area contributed by atoms with Crippen molar-refractivity contribution in [2.24, 2.45) is 10.8 Å². The molecule has 13 heavy (non-hydrogen) atoms. The molecule has 2 rings (SSSR count). The molecule has 0 aromatic carbocycles. The van der Waals surface area contributed by atoms with E-state index >= 15 is 0 Å². The van der Waals surface area contributed by atoms with Gasteiger partial charge in [0.05, 0.1) is 0 Å². The molecule has 0 heterocycles. The minimum absolute atomic E-state index is 0.706. The Balaban J connectivity index is 1.76. The minimum atomic E-state index is 0.706. The highest BCUT2D eigenvalue weighted by molar-refractivity contribution is 5.09. The van der Waals surface area contributed by atoms with Crippen LogP contribution in [0, 0.1) is 10.8 Å².